The van der Waals surface area contributed by atoms with Crippen molar-refractivity contribution in [3.63, 3.8) is 0 Å². The van der Waals surface area contributed by atoms with E-state index in [2.05, 4.69) is 15.0 Å². The lowest BCUT2D eigenvalue weighted by Gasteiger charge is -2.12. The second kappa shape index (κ2) is 6.55. The third kappa shape index (κ3) is 3.71. The number of sulfonamides is 1. The van der Waals surface area contributed by atoms with Gasteiger partial charge in [-0.15, -0.1) is 0 Å². The molecule has 0 amide bonds. The van der Waals surface area contributed by atoms with Crippen LogP contribution in [0, 0.1) is 0 Å². The van der Waals surface area contributed by atoms with Gasteiger partial charge in [-0.3, -0.25) is 9.71 Å². The van der Waals surface area contributed by atoms with E-state index >= 15 is 0 Å². The zero-order chi connectivity index (χ0) is 15.3. The molecule has 2 aromatic rings. The highest BCUT2D eigenvalue weighted by molar-refractivity contribution is 7.92. The summed E-state index contributed by atoms with van der Waals surface area (Å²) < 4.78 is 27.3. The van der Waals surface area contributed by atoms with E-state index < -0.39 is 10.0 Å². The van der Waals surface area contributed by atoms with Gasteiger partial charge in [0.2, 0.25) is 0 Å². The Morgan fingerprint density at radius 1 is 1.19 bits per heavy atom. The summed E-state index contributed by atoms with van der Waals surface area (Å²) >= 11 is 0. The maximum Gasteiger partial charge on any atom is 0.265 e. The Morgan fingerprint density at radius 3 is 2.52 bits per heavy atom. The Morgan fingerprint density at radius 2 is 1.90 bits per heavy atom. The molecule has 2 rings (SSSR count). The fourth-order valence-electron chi connectivity index (χ4n) is 1.82. The highest BCUT2D eigenvalue weighted by Gasteiger charge is 2.18. The van der Waals surface area contributed by atoms with Crippen LogP contribution in [0.1, 0.15) is 12.5 Å². The summed E-state index contributed by atoms with van der Waals surface area (Å²) in [5.74, 6) is 0. The van der Waals surface area contributed by atoms with Crippen molar-refractivity contribution in [3.05, 3.63) is 48.3 Å². The van der Waals surface area contributed by atoms with Crippen LogP contribution in [-0.4, -0.2) is 25.1 Å². The number of hydrogen-bond acceptors (Lipinski definition) is 5. The van der Waals surface area contributed by atoms with Crippen molar-refractivity contribution in [2.75, 3.05) is 16.6 Å². The highest BCUT2D eigenvalue weighted by Crippen LogP contribution is 2.22. The number of aliphatic hydroxyl groups is 1. The molecule has 1 aromatic heterocycles. The van der Waals surface area contributed by atoms with Crippen LogP contribution in [0.5, 0.6) is 0 Å². The van der Waals surface area contributed by atoms with Crippen LogP contribution in [0.3, 0.4) is 0 Å². The lowest BCUT2D eigenvalue weighted by molar-refractivity contribution is 0.282. The van der Waals surface area contributed by atoms with Crippen molar-refractivity contribution in [1.82, 2.24) is 4.98 Å². The monoisotopic (exact) mass is 307 g/mol. The fraction of sp³-hybridized carbons (Fsp3) is 0.214. The van der Waals surface area contributed by atoms with Crippen molar-refractivity contribution in [3.8, 4) is 0 Å². The number of rotatable bonds is 6. The molecular formula is C14H17N3O3S. The molecule has 0 aliphatic heterocycles. The summed E-state index contributed by atoms with van der Waals surface area (Å²) in [4.78, 5) is 3.97. The van der Waals surface area contributed by atoms with Crippen LogP contribution < -0.4 is 10.0 Å². The summed E-state index contributed by atoms with van der Waals surface area (Å²) in [7, 11) is -3.72. The van der Waals surface area contributed by atoms with Crippen molar-refractivity contribution in [1.29, 1.82) is 0 Å². The van der Waals surface area contributed by atoms with Crippen LogP contribution in [0.15, 0.2) is 47.6 Å². The van der Waals surface area contributed by atoms with E-state index in [9.17, 15) is 8.42 Å². The first-order valence-electron chi connectivity index (χ1n) is 6.47. The molecule has 0 unspecified atom stereocenters. The smallest absolute Gasteiger partial charge is 0.265 e. The molecule has 1 heterocycles. The zero-order valence-electron chi connectivity index (χ0n) is 11.6. The number of nitrogens with zero attached hydrogens (tertiary/aromatic N) is 1. The van der Waals surface area contributed by atoms with Crippen LogP contribution in [0.25, 0.3) is 0 Å². The Bertz CT molecular complexity index is 700. The van der Waals surface area contributed by atoms with Gasteiger partial charge in [0.05, 0.1) is 12.3 Å². The van der Waals surface area contributed by atoms with Crippen LogP contribution in [0.2, 0.25) is 0 Å². The maximum absolute atomic E-state index is 12.4. The molecule has 112 valence electrons. The Hall–Kier alpha value is -2.12. The Kier molecular flexibility index (Phi) is 4.77. The van der Waals surface area contributed by atoms with E-state index in [1.54, 1.807) is 30.3 Å². The molecule has 0 atom stereocenters. The van der Waals surface area contributed by atoms with Gasteiger partial charge in [0, 0.05) is 24.6 Å². The number of anilines is 2. The first-order valence-corrected chi connectivity index (χ1v) is 7.95. The fourth-order valence-corrected chi connectivity index (χ4v) is 3.00. The van der Waals surface area contributed by atoms with E-state index in [-0.39, 0.29) is 11.5 Å². The largest absolute Gasteiger partial charge is 0.392 e. The lowest BCUT2D eigenvalue weighted by Crippen LogP contribution is -2.15. The summed E-state index contributed by atoms with van der Waals surface area (Å²) in [6.45, 7) is 2.41. The quantitative estimate of drug-likeness (QED) is 0.757. The maximum atomic E-state index is 12.4. The topological polar surface area (TPSA) is 91.3 Å². The molecule has 3 N–H and O–H groups in total. The molecule has 21 heavy (non-hydrogen) atoms. The molecule has 1 aromatic carbocycles. The number of nitrogens with one attached hydrogen (secondary N) is 2. The molecule has 6 nitrogen and oxygen atoms in total. The van der Waals surface area contributed by atoms with Crippen LogP contribution in [-0.2, 0) is 16.6 Å². The zero-order valence-corrected chi connectivity index (χ0v) is 12.4. The normalized spacial score (nSPS) is 11.1. The Balaban J connectivity index is 2.29. The highest BCUT2D eigenvalue weighted by atomic mass is 32.2. The molecule has 0 radical (unpaired) electrons. The lowest BCUT2D eigenvalue weighted by atomic mass is 10.2. The summed E-state index contributed by atoms with van der Waals surface area (Å²) in [6, 6.07) is 8.14. The van der Waals surface area contributed by atoms with Gasteiger partial charge >= 0.3 is 0 Å². The summed E-state index contributed by atoms with van der Waals surface area (Å²) in [5.41, 5.74) is 1.65. The predicted octanol–water partition coefficient (Wildman–Crippen LogP) is 1.81. The second-order valence-electron chi connectivity index (χ2n) is 4.36. The van der Waals surface area contributed by atoms with Gasteiger partial charge in [-0.05, 0) is 30.7 Å². The van der Waals surface area contributed by atoms with E-state index in [1.165, 1.54) is 12.4 Å². The number of hydrogen-bond donors (Lipinski definition) is 3. The number of pyridine rings is 1. The van der Waals surface area contributed by atoms with Gasteiger partial charge in [0.25, 0.3) is 10.0 Å². The van der Waals surface area contributed by atoms with E-state index in [0.29, 0.717) is 23.5 Å². The van der Waals surface area contributed by atoms with Gasteiger partial charge < -0.3 is 10.4 Å². The minimum atomic E-state index is -3.72. The molecule has 0 bridgehead atoms. The van der Waals surface area contributed by atoms with Gasteiger partial charge in [-0.1, -0.05) is 12.1 Å². The average Bonchev–Trinajstić information content (AvgIpc) is 2.48. The molecule has 0 fully saturated rings. The molecule has 0 saturated heterocycles. The number of aromatic nitrogens is 1. The third-order valence-electron chi connectivity index (χ3n) is 2.83. The summed E-state index contributed by atoms with van der Waals surface area (Å²) in [6.07, 6.45) is 2.84. The third-order valence-corrected chi connectivity index (χ3v) is 4.24. The molecule has 0 aliphatic rings. The SMILES string of the molecule is CCNc1ccncc1S(=O)(=O)Nc1ccc(CO)cc1. The first kappa shape index (κ1) is 15.3. The standard InChI is InChI=1S/C14H17N3O3S/c1-2-16-13-7-8-15-9-14(13)21(19,20)17-12-5-3-11(10-18)4-6-12/h3-9,17-18H,2,10H2,1H3,(H,15,16). The number of benzene rings is 1. The van der Waals surface area contributed by atoms with Crippen molar-refractivity contribution in [2.45, 2.75) is 18.4 Å². The molecule has 0 spiro atoms. The van der Waals surface area contributed by atoms with E-state index in [1.807, 2.05) is 6.92 Å². The van der Waals surface area contributed by atoms with Gasteiger partial charge in [0.1, 0.15) is 4.90 Å². The van der Waals surface area contributed by atoms with Gasteiger partial charge in [-0.2, -0.15) is 0 Å². The van der Waals surface area contributed by atoms with Crippen LogP contribution in [0.4, 0.5) is 11.4 Å². The molecule has 0 aliphatic carbocycles. The first-order chi connectivity index (χ1) is 10.1. The predicted molar refractivity (Wildman–Crippen MR) is 81.6 cm³/mol. The average molecular weight is 307 g/mol. The second-order valence-corrected chi connectivity index (χ2v) is 6.01. The number of aliphatic hydroxyl groups excluding tert-OH is 1. The van der Waals surface area contributed by atoms with E-state index in [0.717, 1.165) is 0 Å². The van der Waals surface area contributed by atoms with Crippen molar-refractivity contribution < 1.29 is 13.5 Å². The molecule has 0 saturated carbocycles. The van der Waals surface area contributed by atoms with Crippen molar-refractivity contribution >= 4 is 21.4 Å². The summed E-state index contributed by atoms with van der Waals surface area (Å²) in [5, 5.41) is 12.0. The van der Waals surface area contributed by atoms with Gasteiger partial charge in [0.15, 0.2) is 0 Å². The van der Waals surface area contributed by atoms with Gasteiger partial charge in [-0.25, -0.2) is 8.42 Å². The van der Waals surface area contributed by atoms with Crippen LogP contribution >= 0.6 is 0 Å². The minimum Gasteiger partial charge on any atom is -0.392 e. The molecule has 7 heteroatoms. The van der Waals surface area contributed by atoms with E-state index in [4.69, 9.17) is 5.11 Å². The minimum absolute atomic E-state index is 0.0831. The Labute approximate surface area is 123 Å². The van der Waals surface area contributed by atoms with Crippen molar-refractivity contribution in [2.24, 2.45) is 0 Å². The molecular weight excluding hydrogens is 290 g/mol.